The number of nitrogens with one attached hydrogen (secondary N) is 1. The normalized spacial score (nSPS) is 14.7. The highest BCUT2D eigenvalue weighted by Crippen LogP contribution is 2.28. The summed E-state index contributed by atoms with van der Waals surface area (Å²) in [6.07, 6.45) is 3.08. The second-order valence-electron chi connectivity index (χ2n) is 9.97. The van der Waals surface area contributed by atoms with Crippen LogP contribution in [-0.4, -0.2) is 64.7 Å². The monoisotopic (exact) mass is 521 g/mol. The minimum Gasteiger partial charge on any atom is -0.444 e. The van der Waals surface area contributed by atoms with Crippen molar-refractivity contribution >= 4 is 29.4 Å². The third-order valence-corrected chi connectivity index (χ3v) is 6.26. The Kier molecular flexibility index (Phi) is 8.28. The van der Waals surface area contributed by atoms with Gasteiger partial charge in [-0.25, -0.2) is 14.8 Å². The molecule has 4 rings (SSSR count). The van der Waals surface area contributed by atoms with E-state index >= 15 is 0 Å². The first-order valence-corrected chi connectivity index (χ1v) is 12.7. The number of anilines is 1. The van der Waals surface area contributed by atoms with Crippen LogP contribution in [0.3, 0.4) is 0 Å². The molecule has 0 saturated carbocycles. The summed E-state index contributed by atoms with van der Waals surface area (Å²) in [7, 11) is 0. The third kappa shape index (κ3) is 7.20. The van der Waals surface area contributed by atoms with Gasteiger partial charge in [0.15, 0.2) is 0 Å². The van der Waals surface area contributed by atoms with Crippen LogP contribution in [0, 0.1) is 0 Å². The van der Waals surface area contributed by atoms with Gasteiger partial charge in [-0.1, -0.05) is 54.1 Å². The lowest BCUT2D eigenvalue weighted by Crippen LogP contribution is -2.56. The van der Waals surface area contributed by atoms with Gasteiger partial charge in [-0.2, -0.15) is 0 Å². The molecule has 0 radical (unpaired) electrons. The van der Waals surface area contributed by atoms with Gasteiger partial charge < -0.3 is 19.9 Å². The average Bonchev–Trinajstić information content (AvgIpc) is 2.89. The molecule has 1 N–H and O–H groups in total. The van der Waals surface area contributed by atoms with Crippen LogP contribution in [0.15, 0.2) is 67.1 Å². The number of carbonyl (C=O) groups excluding carboxylic acids is 2. The summed E-state index contributed by atoms with van der Waals surface area (Å²) in [5, 5.41) is 3.40. The van der Waals surface area contributed by atoms with Crippen LogP contribution < -0.4 is 10.2 Å². The van der Waals surface area contributed by atoms with Crippen molar-refractivity contribution in [3.05, 3.63) is 77.7 Å². The molecular weight excluding hydrogens is 490 g/mol. The van der Waals surface area contributed by atoms with Gasteiger partial charge in [-0.15, -0.1) is 0 Å². The maximum absolute atomic E-state index is 13.6. The minimum atomic E-state index is -0.762. The van der Waals surface area contributed by atoms with Gasteiger partial charge in [0.05, 0.1) is 0 Å². The number of hydrogen-bond donors (Lipinski definition) is 1. The second-order valence-corrected chi connectivity index (χ2v) is 10.4. The fraction of sp³-hybridized carbons (Fsp3) is 0.357. The molecule has 8 nitrogen and oxygen atoms in total. The smallest absolute Gasteiger partial charge is 0.408 e. The van der Waals surface area contributed by atoms with Crippen LogP contribution in [0.5, 0.6) is 0 Å². The first-order valence-electron chi connectivity index (χ1n) is 12.3. The van der Waals surface area contributed by atoms with Gasteiger partial charge >= 0.3 is 6.09 Å². The van der Waals surface area contributed by atoms with Gasteiger partial charge in [0.1, 0.15) is 23.8 Å². The van der Waals surface area contributed by atoms with E-state index in [2.05, 4.69) is 20.2 Å². The highest BCUT2D eigenvalue weighted by Gasteiger charge is 2.31. The zero-order valence-corrected chi connectivity index (χ0v) is 22.1. The highest BCUT2D eigenvalue weighted by atomic mass is 35.5. The maximum Gasteiger partial charge on any atom is 0.408 e. The average molecular weight is 522 g/mol. The van der Waals surface area contributed by atoms with Crippen LogP contribution in [-0.2, 0) is 16.0 Å². The lowest BCUT2D eigenvalue weighted by Gasteiger charge is -2.37. The fourth-order valence-electron chi connectivity index (χ4n) is 4.26. The van der Waals surface area contributed by atoms with Gasteiger partial charge in [-0.05, 0) is 44.0 Å². The Balaban J connectivity index is 1.46. The number of amides is 2. The minimum absolute atomic E-state index is 0.147. The summed E-state index contributed by atoms with van der Waals surface area (Å²) in [6, 6.07) is 16.5. The summed E-state index contributed by atoms with van der Waals surface area (Å²) in [5.41, 5.74) is 2.22. The number of ether oxygens (including phenoxy) is 1. The maximum atomic E-state index is 13.6. The number of benzene rings is 2. The summed E-state index contributed by atoms with van der Waals surface area (Å²) in [6.45, 7) is 7.61. The number of halogens is 1. The van der Waals surface area contributed by atoms with Crippen molar-refractivity contribution in [2.75, 3.05) is 31.1 Å². The molecule has 1 aromatic heterocycles. The molecule has 0 bridgehead atoms. The van der Waals surface area contributed by atoms with Crippen molar-refractivity contribution in [3.63, 3.8) is 0 Å². The summed E-state index contributed by atoms with van der Waals surface area (Å²) in [4.78, 5) is 38.9. The number of hydrogen-bond acceptors (Lipinski definition) is 6. The number of carbonyl (C=O) groups is 2. The summed E-state index contributed by atoms with van der Waals surface area (Å²) >= 11 is 6.03. The van der Waals surface area contributed by atoms with E-state index in [1.807, 2.05) is 48.7 Å². The molecule has 1 fully saturated rings. The van der Waals surface area contributed by atoms with Crippen LogP contribution >= 0.6 is 11.6 Å². The predicted molar refractivity (Wildman–Crippen MR) is 145 cm³/mol. The van der Waals surface area contributed by atoms with Crippen LogP contribution in [0.1, 0.15) is 26.3 Å². The van der Waals surface area contributed by atoms with Gasteiger partial charge in [0, 0.05) is 49.4 Å². The van der Waals surface area contributed by atoms with Gasteiger partial charge in [0.25, 0.3) is 0 Å². The summed E-state index contributed by atoms with van der Waals surface area (Å²) in [5.74, 6) is 0.698. The molecule has 0 aliphatic carbocycles. The van der Waals surface area contributed by atoms with Crippen molar-refractivity contribution in [1.29, 1.82) is 0 Å². The summed E-state index contributed by atoms with van der Waals surface area (Å²) < 4.78 is 5.43. The molecule has 37 heavy (non-hydrogen) atoms. The zero-order chi connectivity index (χ0) is 26.4. The Hall–Kier alpha value is -3.65. The van der Waals surface area contributed by atoms with Crippen LogP contribution in [0.4, 0.5) is 10.6 Å². The van der Waals surface area contributed by atoms with E-state index in [1.165, 1.54) is 0 Å². The molecule has 2 amide bonds. The molecule has 1 atom stereocenters. The van der Waals surface area contributed by atoms with E-state index in [4.69, 9.17) is 16.3 Å². The Bertz CT molecular complexity index is 1210. The molecule has 3 aromatic rings. The van der Waals surface area contributed by atoms with E-state index < -0.39 is 17.7 Å². The molecule has 194 valence electrons. The molecular formula is C28H32ClN5O3. The van der Waals surface area contributed by atoms with Crippen molar-refractivity contribution < 1.29 is 14.3 Å². The molecule has 1 aliphatic rings. The van der Waals surface area contributed by atoms with Crippen molar-refractivity contribution in [3.8, 4) is 11.1 Å². The van der Waals surface area contributed by atoms with Gasteiger partial charge in [-0.3, -0.25) is 4.79 Å². The van der Waals surface area contributed by atoms with E-state index in [9.17, 15) is 9.59 Å². The quantitative estimate of drug-likeness (QED) is 0.511. The largest absolute Gasteiger partial charge is 0.444 e. The molecule has 0 unspecified atom stereocenters. The standard InChI is InChI=1S/C28H32ClN5O3/c1-28(2,3)37-27(36)32-24(17-20-9-11-22(29)12-10-20)26(35)34-15-13-33(14-16-34)25-23(18-30-19-31-25)21-7-5-4-6-8-21/h4-12,18-19,24H,13-17H2,1-3H3,(H,32,36)/t24-/m1/s1. The van der Waals surface area contributed by atoms with Crippen LogP contribution in [0.25, 0.3) is 11.1 Å². The topological polar surface area (TPSA) is 87.7 Å². The fourth-order valence-corrected chi connectivity index (χ4v) is 4.39. The van der Waals surface area contributed by atoms with Crippen LogP contribution in [0.2, 0.25) is 5.02 Å². The lowest BCUT2D eigenvalue weighted by molar-refractivity contribution is -0.133. The van der Waals surface area contributed by atoms with E-state index in [0.717, 1.165) is 22.5 Å². The predicted octanol–water partition coefficient (Wildman–Crippen LogP) is 4.58. The second kappa shape index (κ2) is 11.6. The number of alkyl carbamates (subject to hydrolysis) is 1. The van der Waals surface area contributed by atoms with E-state index in [-0.39, 0.29) is 5.91 Å². The van der Waals surface area contributed by atoms with Gasteiger partial charge in [0.2, 0.25) is 5.91 Å². The number of aromatic nitrogens is 2. The molecule has 1 aliphatic heterocycles. The van der Waals surface area contributed by atoms with Crippen molar-refractivity contribution in [1.82, 2.24) is 20.2 Å². The Morgan fingerprint density at radius 1 is 1.03 bits per heavy atom. The zero-order valence-electron chi connectivity index (χ0n) is 21.4. The molecule has 9 heteroatoms. The number of piperazine rings is 1. The highest BCUT2D eigenvalue weighted by molar-refractivity contribution is 6.30. The molecule has 0 spiro atoms. The van der Waals surface area contributed by atoms with Crippen molar-refractivity contribution in [2.24, 2.45) is 0 Å². The molecule has 2 heterocycles. The molecule has 2 aromatic carbocycles. The van der Waals surface area contributed by atoms with E-state index in [0.29, 0.717) is 37.6 Å². The third-order valence-electron chi connectivity index (χ3n) is 6.01. The van der Waals surface area contributed by atoms with Crippen molar-refractivity contribution in [2.45, 2.75) is 38.8 Å². The first-order chi connectivity index (χ1) is 17.7. The number of nitrogens with zero attached hydrogens (tertiary/aromatic N) is 4. The molecule has 1 saturated heterocycles. The SMILES string of the molecule is CC(C)(C)OC(=O)N[C@H](Cc1ccc(Cl)cc1)C(=O)N1CCN(c2ncncc2-c2ccccc2)CC1. The Morgan fingerprint density at radius 3 is 2.35 bits per heavy atom. The first kappa shape index (κ1) is 26.4. The van der Waals surface area contributed by atoms with E-state index in [1.54, 1.807) is 44.1 Å². The lowest BCUT2D eigenvalue weighted by atomic mass is 10.0. The number of rotatable bonds is 6. The Labute approximate surface area is 222 Å². The Morgan fingerprint density at radius 2 is 1.70 bits per heavy atom.